The molecular formula is C18H22ClN. The van der Waals surface area contributed by atoms with E-state index in [1.54, 1.807) is 0 Å². The molecule has 20 heavy (non-hydrogen) atoms. The number of likely N-dealkylation sites (N-methyl/N-ethyl adjacent to an activating group) is 1. The van der Waals surface area contributed by atoms with Crippen LogP contribution in [-0.4, -0.2) is 25.5 Å². The highest BCUT2D eigenvalue weighted by molar-refractivity contribution is 5.85. The summed E-state index contributed by atoms with van der Waals surface area (Å²) in [6.07, 6.45) is 2.26. The number of benzene rings is 2. The van der Waals surface area contributed by atoms with Crippen molar-refractivity contribution in [2.75, 3.05) is 20.6 Å². The molecular weight excluding hydrogens is 266 g/mol. The van der Waals surface area contributed by atoms with E-state index in [1.165, 1.54) is 22.3 Å². The van der Waals surface area contributed by atoms with Gasteiger partial charge >= 0.3 is 0 Å². The van der Waals surface area contributed by atoms with Crippen LogP contribution in [0.2, 0.25) is 0 Å². The van der Waals surface area contributed by atoms with Crippen LogP contribution in [0.3, 0.4) is 0 Å². The lowest BCUT2D eigenvalue weighted by Crippen LogP contribution is -2.10. The van der Waals surface area contributed by atoms with E-state index in [-0.39, 0.29) is 12.4 Å². The van der Waals surface area contributed by atoms with Crippen LogP contribution in [0.15, 0.2) is 60.7 Å². The second-order valence-corrected chi connectivity index (χ2v) is 5.09. The highest BCUT2D eigenvalue weighted by Gasteiger charge is 1.99. The van der Waals surface area contributed by atoms with Crippen LogP contribution in [0.5, 0.6) is 0 Å². The second-order valence-electron chi connectivity index (χ2n) is 5.09. The fourth-order valence-electron chi connectivity index (χ4n) is 1.99. The Balaban J connectivity index is 0.00000200. The maximum absolute atomic E-state index is 2.26. The largest absolute Gasteiger partial charge is 0.306 e. The van der Waals surface area contributed by atoms with Crippen LogP contribution >= 0.6 is 12.4 Å². The lowest BCUT2D eigenvalue weighted by atomic mass is 10.0. The fraction of sp³-hybridized carbons (Fsp3) is 0.222. The summed E-state index contributed by atoms with van der Waals surface area (Å²) in [5.74, 6) is 0. The zero-order valence-electron chi connectivity index (χ0n) is 12.3. The van der Waals surface area contributed by atoms with Crippen molar-refractivity contribution in [1.29, 1.82) is 0 Å². The fourth-order valence-corrected chi connectivity index (χ4v) is 1.99. The van der Waals surface area contributed by atoms with Gasteiger partial charge in [-0.3, -0.25) is 0 Å². The van der Waals surface area contributed by atoms with Crippen molar-refractivity contribution in [3.05, 3.63) is 66.2 Å². The molecule has 0 atom stereocenters. The summed E-state index contributed by atoms with van der Waals surface area (Å²) in [4.78, 5) is 2.17. The molecule has 0 unspecified atom stereocenters. The maximum Gasteiger partial charge on any atom is 0.0162 e. The van der Waals surface area contributed by atoms with Crippen LogP contribution in [0.1, 0.15) is 12.5 Å². The molecule has 106 valence electrons. The minimum atomic E-state index is 0. The van der Waals surface area contributed by atoms with Gasteiger partial charge in [0.05, 0.1) is 0 Å². The van der Waals surface area contributed by atoms with E-state index >= 15 is 0 Å². The first kappa shape index (κ1) is 16.5. The third kappa shape index (κ3) is 4.52. The van der Waals surface area contributed by atoms with Crippen molar-refractivity contribution in [2.24, 2.45) is 0 Å². The van der Waals surface area contributed by atoms with E-state index in [0.717, 1.165) is 6.54 Å². The predicted octanol–water partition coefficient (Wildman–Crippen LogP) is 4.74. The molecule has 0 N–H and O–H groups in total. The average molecular weight is 288 g/mol. The number of allylic oxidation sites excluding steroid dienone is 1. The number of nitrogens with zero attached hydrogens (tertiary/aromatic N) is 1. The lowest BCUT2D eigenvalue weighted by molar-refractivity contribution is 0.457. The molecule has 0 fully saturated rings. The van der Waals surface area contributed by atoms with E-state index < -0.39 is 0 Å². The Kier molecular flexibility index (Phi) is 6.50. The van der Waals surface area contributed by atoms with E-state index in [0.29, 0.717) is 0 Å². The first-order chi connectivity index (χ1) is 9.16. The minimum absolute atomic E-state index is 0. The van der Waals surface area contributed by atoms with Gasteiger partial charge in [-0.1, -0.05) is 60.7 Å². The quantitative estimate of drug-likeness (QED) is 0.785. The molecule has 0 heterocycles. The van der Waals surface area contributed by atoms with Crippen molar-refractivity contribution in [1.82, 2.24) is 4.90 Å². The first-order valence-corrected chi connectivity index (χ1v) is 6.64. The molecule has 2 heteroatoms. The van der Waals surface area contributed by atoms with E-state index in [2.05, 4.69) is 80.5 Å². The summed E-state index contributed by atoms with van der Waals surface area (Å²) >= 11 is 0. The SMILES string of the molecule is C/C(=C\CN(C)C)c1ccc(-c2ccccc2)cc1.Cl. The van der Waals surface area contributed by atoms with Crippen molar-refractivity contribution >= 4 is 18.0 Å². The zero-order valence-corrected chi connectivity index (χ0v) is 13.2. The monoisotopic (exact) mass is 287 g/mol. The smallest absolute Gasteiger partial charge is 0.0162 e. The van der Waals surface area contributed by atoms with Crippen molar-refractivity contribution in [3.63, 3.8) is 0 Å². The van der Waals surface area contributed by atoms with E-state index in [1.807, 2.05) is 6.07 Å². The minimum Gasteiger partial charge on any atom is -0.306 e. The Labute approximate surface area is 128 Å². The van der Waals surface area contributed by atoms with Gasteiger partial charge in [0.25, 0.3) is 0 Å². The summed E-state index contributed by atoms with van der Waals surface area (Å²) in [5.41, 5.74) is 5.16. The van der Waals surface area contributed by atoms with Gasteiger partial charge in [-0.2, -0.15) is 0 Å². The average Bonchev–Trinajstić information content (AvgIpc) is 2.46. The Morgan fingerprint density at radius 3 is 2.00 bits per heavy atom. The van der Waals surface area contributed by atoms with Gasteiger partial charge in [0.2, 0.25) is 0 Å². The van der Waals surface area contributed by atoms with Gasteiger partial charge in [-0.15, -0.1) is 12.4 Å². The molecule has 0 saturated carbocycles. The highest BCUT2D eigenvalue weighted by Crippen LogP contribution is 2.22. The second kappa shape index (κ2) is 7.88. The van der Waals surface area contributed by atoms with Gasteiger partial charge in [0, 0.05) is 6.54 Å². The molecule has 0 spiro atoms. The lowest BCUT2D eigenvalue weighted by Gasteiger charge is -2.08. The Morgan fingerprint density at radius 2 is 1.45 bits per heavy atom. The maximum atomic E-state index is 2.26. The molecule has 2 rings (SSSR count). The summed E-state index contributed by atoms with van der Waals surface area (Å²) in [5, 5.41) is 0. The summed E-state index contributed by atoms with van der Waals surface area (Å²) in [7, 11) is 4.17. The molecule has 0 aromatic heterocycles. The van der Waals surface area contributed by atoms with Crippen LogP contribution in [-0.2, 0) is 0 Å². The van der Waals surface area contributed by atoms with Crippen molar-refractivity contribution < 1.29 is 0 Å². The van der Waals surface area contributed by atoms with Gasteiger partial charge in [0.15, 0.2) is 0 Å². The normalized spacial score (nSPS) is 11.3. The summed E-state index contributed by atoms with van der Waals surface area (Å²) in [6, 6.07) is 19.3. The van der Waals surface area contributed by atoms with Crippen LogP contribution in [0.4, 0.5) is 0 Å². The standard InChI is InChI=1S/C18H21N.ClH/c1-15(13-14-19(2)3)16-9-11-18(12-10-16)17-7-5-4-6-8-17;/h4-13H,14H2,1-3H3;1H/b15-13+;. The predicted molar refractivity (Wildman–Crippen MR) is 91.3 cm³/mol. The van der Waals surface area contributed by atoms with Crippen molar-refractivity contribution in [2.45, 2.75) is 6.92 Å². The molecule has 2 aromatic carbocycles. The Bertz CT molecular complexity index is 541. The number of hydrogen-bond donors (Lipinski definition) is 0. The van der Waals surface area contributed by atoms with Crippen LogP contribution in [0.25, 0.3) is 16.7 Å². The molecule has 0 aliphatic carbocycles. The van der Waals surface area contributed by atoms with E-state index in [4.69, 9.17) is 0 Å². The molecule has 0 radical (unpaired) electrons. The summed E-state index contributed by atoms with van der Waals surface area (Å²) in [6.45, 7) is 3.15. The third-order valence-corrected chi connectivity index (χ3v) is 3.21. The van der Waals surface area contributed by atoms with Crippen molar-refractivity contribution in [3.8, 4) is 11.1 Å². The topological polar surface area (TPSA) is 3.24 Å². The molecule has 0 saturated heterocycles. The molecule has 0 bridgehead atoms. The molecule has 1 nitrogen and oxygen atoms in total. The molecule has 2 aromatic rings. The molecule has 0 amide bonds. The number of rotatable bonds is 4. The van der Waals surface area contributed by atoms with Gasteiger partial charge < -0.3 is 4.90 Å². The van der Waals surface area contributed by atoms with Crippen LogP contribution < -0.4 is 0 Å². The van der Waals surface area contributed by atoms with E-state index in [9.17, 15) is 0 Å². The molecule has 0 aliphatic rings. The van der Waals surface area contributed by atoms with Crippen LogP contribution in [0, 0.1) is 0 Å². The highest BCUT2D eigenvalue weighted by atomic mass is 35.5. The third-order valence-electron chi connectivity index (χ3n) is 3.21. The first-order valence-electron chi connectivity index (χ1n) is 6.64. The van der Waals surface area contributed by atoms with Gasteiger partial charge in [-0.05, 0) is 43.3 Å². The number of halogens is 1. The molecule has 0 aliphatic heterocycles. The Hall–Kier alpha value is -1.57. The Morgan fingerprint density at radius 1 is 0.900 bits per heavy atom. The van der Waals surface area contributed by atoms with Gasteiger partial charge in [0.1, 0.15) is 0 Å². The summed E-state index contributed by atoms with van der Waals surface area (Å²) < 4.78 is 0. The number of hydrogen-bond acceptors (Lipinski definition) is 1. The zero-order chi connectivity index (χ0) is 13.7. The van der Waals surface area contributed by atoms with Gasteiger partial charge in [-0.25, -0.2) is 0 Å².